The average Bonchev–Trinajstić information content (AvgIpc) is 3.10. The molecule has 0 radical (unpaired) electrons. The molecule has 7 heteroatoms. The predicted octanol–water partition coefficient (Wildman–Crippen LogP) is 2.38. The molecule has 3 aliphatic rings. The predicted molar refractivity (Wildman–Crippen MR) is 115 cm³/mol. The fourth-order valence-electron chi connectivity index (χ4n) is 3.78. The summed E-state index contributed by atoms with van der Waals surface area (Å²) in [6.45, 7) is 6.84. The van der Waals surface area contributed by atoms with Crippen LogP contribution in [0.1, 0.15) is 51.9 Å². The van der Waals surface area contributed by atoms with Gasteiger partial charge >= 0.3 is 0 Å². The maximum Gasteiger partial charge on any atom is 0.225 e. The van der Waals surface area contributed by atoms with Gasteiger partial charge in [-0.3, -0.25) is 9.79 Å². The molecule has 2 N–H and O–H groups in total. The summed E-state index contributed by atoms with van der Waals surface area (Å²) in [5.41, 5.74) is 0. The quantitative estimate of drug-likeness (QED) is 0.243. The normalized spacial score (nSPS) is 23.8. The van der Waals surface area contributed by atoms with Crippen LogP contribution in [0.2, 0.25) is 0 Å². The molecule has 1 atom stereocenters. The summed E-state index contributed by atoms with van der Waals surface area (Å²) >= 11 is 0. The zero-order valence-electron chi connectivity index (χ0n) is 16.0. The largest absolute Gasteiger partial charge is 0.379 e. The number of ether oxygens (including phenoxy) is 1. The van der Waals surface area contributed by atoms with E-state index < -0.39 is 0 Å². The number of likely N-dealkylation sites (tertiary alicyclic amines) is 1. The molecule has 1 heterocycles. The van der Waals surface area contributed by atoms with Gasteiger partial charge in [0.15, 0.2) is 5.96 Å². The molecular weight excluding hydrogens is 443 g/mol. The summed E-state index contributed by atoms with van der Waals surface area (Å²) in [6, 6.07) is 0.301. The van der Waals surface area contributed by atoms with E-state index in [2.05, 4.69) is 27.4 Å². The maximum absolute atomic E-state index is 12.5. The van der Waals surface area contributed by atoms with Crippen LogP contribution in [0, 0.1) is 11.8 Å². The highest BCUT2D eigenvalue weighted by Gasteiger charge is 2.32. The molecule has 1 aliphatic heterocycles. The minimum absolute atomic E-state index is 0. The van der Waals surface area contributed by atoms with Crippen molar-refractivity contribution < 1.29 is 9.53 Å². The third kappa shape index (κ3) is 6.87. The highest BCUT2D eigenvalue weighted by Crippen LogP contribution is 2.29. The first-order valence-electron chi connectivity index (χ1n) is 10.2. The number of guanidine groups is 1. The van der Waals surface area contributed by atoms with Crippen LogP contribution < -0.4 is 10.6 Å². The van der Waals surface area contributed by atoms with Crippen molar-refractivity contribution in [1.29, 1.82) is 0 Å². The third-order valence-corrected chi connectivity index (χ3v) is 5.45. The van der Waals surface area contributed by atoms with Gasteiger partial charge in [0.25, 0.3) is 0 Å². The Labute approximate surface area is 174 Å². The van der Waals surface area contributed by atoms with Gasteiger partial charge in [0.05, 0.1) is 13.2 Å². The summed E-state index contributed by atoms with van der Waals surface area (Å²) < 4.78 is 5.65. The van der Waals surface area contributed by atoms with E-state index >= 15 is 0 Å². The summed E-state index contributed by atoms with van der Waals surface area (Å²) in [4.78, 5) is 19.2. The van der Waals surface area contributed by atoms with Crippen molar-refractivity contribution >= 4 is 35.8 Å². The van der Waals surface area contributed by atoms with E-state index in [1.807, 2.05) is 0 Å². The molecule has 1 amide bonds. The number of nitrogens with one attached hydrogen (secondary N) is 2. The van der Waals surface area contributed by atoms with Crippen LogP contribution in [-0.4, -0.2) is 62.2 Å². The van der Waals surface area contributed by atoms with Gasteiger partial charge in [-0.2, -0.15) is 0 Å². The van der Waals surface area contributed by atoms with Gasteiger partial charge in [0.2, 0.25) is 5.91 Å². The zero-order chi connectivity index (χ0) is 17.5. The number of nitrogens with zero attached hydrogens (tertiary/aromatic N) is 2. The molecule has 0 aromatic rings. The van der Waals surface area contributed by atoms with E-state index in [9.17, 15) is 4.79 Å². The standard InChI is InChI=1S/C19H34N4O2.HI/c1-2-20-19(21-10-12-25-14-15-7-8-15)22-17-9-11-23(13-17)18(24)16-5-3-4-6-16;/h15-17H,2-14H2,1H3,(H2,20,21,22);1H. The summed E-state index contributed by atoms with van der Waals surface area (Å²) in [7, 11) is 0. The van der Waals surface area contributed by atoms with E-state index in [1.54, 1.807) is 0 Å². The molecule has 0 aromatic carbocycles. The number of carbonyl (C=O) groups is 1. The van der Waals surface area contributed by atoms with Crippen molar-refractivity contribution in [3.8, 4) is 0 Å². The minimum Gasteiger partial charge on any atom is -0.379 e. The Morgan fingerprint density at radius 2 is 1.96 bits per heavy atom. The van der Waals surface area contributed by atoms with Crippen molar-refractivity contribution in [2.75, 3.05) is 39.4 Å². The Morgan fingerprint density at radius 1 is 1.19 bits per heavy atom. The van der Waals surface area contributed by atoms with Gasteiger partial charge < -0.3 is 20.3 Å². The van der Waals surface area contributed by atoms with Crippen molar-refractivity contribution in [3.05, 3.63) is 0 Å². The smallest absolute Gasteiger partial charge is 0.225 e. The van der Waals surface area contributed by atoms with E-state index in [0.717, 1.165) is 57.4 Å². The Kier molecular flexibility index (Phi) is 9.45. The summed E-state index contributed by atoms with van der Waals surface area (Å²) in [5, 5.41) is 6.79. The van der Waals surface area contributed by atoms with Crippen LogP contribution in [0.15, 0.2) is 4.99 Å². The molecule has 2 saturated carbocycles. The van der Waals surface area contributed by atoms with E-state index in [-0.39, 0.29) is 29.9 Å². The van der Waals surface area contributed by atoms with Crippen LogP contribution in [0.3, 0.4) is 0 Å². The minimum atomic E-state index is 0. The number of hydrogen-bond acceptors (Lipinski definition) is 3. The molecular formula is C19H35IN4O2. The molecule has 0 aromatic heterocycles. The molecule has 150 valence electrons. The highest BCUT2D eigenvalue weighted by atomic mass is 127. The fourth-order valence-corrected chi connectivity index (χ4v) is 3.78. The molecule has 1 saturated heterocycles. The second kappa shape index (κ2) is 11.3. The average molecular weight is 478 g/mol. The van der Waals surface area contributed by atoms with Gasteiger partial charge in [-0.15, -0.1) is 24.0 Å². The topological polar surface area (TPSA) is 66.0 Å². The number of amides is 1. The Morgan fingerprint density at radius 3 is 2.65 bits per heavy atom. The van der Waals surface area contributed by atoms with Gasteiger partial charge in [0, 0.05) is 38.2 Å². The lowest BCUT2D eigenvalue weighted by molar-refractivity contribution is -0.134. The van der Waals surface area contributed by atoms with Crippen LogP contribution in [-0.2, 0) is 9.53 Å². The van der Waals surface area contributed by atoms with Gasteiger partial charge in [0.1, 0.15) is 0 Å². The lowest BCUT2D eigenvalue weighted by Crippen LogP contribution is -2.45. The molecule has 6 nitrogen and oxygen atoms in total. The molecule has 2 aliphatic carbocycles. The molecule has 0 bridgehead atoms. The second-order valence-corrected chi connectivity index (χ2v) is 7.67. The van der Waals surface area contributed by atoms with Crippen molar-refractivity contribution in [3.63, 3.8) is 0 Å². The molecule has 26 heavy (non-hydrogen) atoms. The lowest BCUT2D eigenvalue weighted by Gasteiger charge is -2.21. The molecule has 1 unspecified atom stereocenters. The lowest BCUT2D eigenvalue weighted by atomic mass is 10.1. The van der Waals surface area contributed by atoms with Crippen LogP contribution in [0.25, 0.3) is 0 Å². The third-order valence-electron chi connectivity index (χ3n) is 5.45. The van der Waals surface area contributed by atoms with E-state index in [1.165, 1.54) is 25.7 Å². The fraction of sp³-hybridized carbons (Fsp3) is 0.895. The Balaban J connectivity index is 0.00000243. The van der Waals surface area contributed by atoms with Crippen LogP contribution in [0.4, 0.5) is 0 Å². The molecule has 0 spiro atoms. The second-order valence-electron chi connectivity index (χ2n) is 7.67. The first kappa shape index (κ1) is 21.7. The number of aliphatic imine (C=N–C) groups is 1. The summed E-state index contributed by atoms with van der Waals surface area (Å²) in [5.74, 6) is 2.30. The van der Waals surface area contributed by atoms with Crippen LogP contribution in [0.5, 0.6) is 0 Å². The zero-order valence-corrected chi connectivity index (χ0v) is 18.4. The van der Waals surface area contributed by atoms with E-state index in [4.69, 9.17) is 4.74 Å². The number of carbonyl (C=O) groups excluding carboxylic acids is 1. The van der Waals surface area contributed by atoms with E-state index in [0.29, 0.717) is 25.1 Å². The number of halogens is 1. The maximum atomic E-state index is 12.5. The molecule has 3 fully saturated rings. The Bertz CT molecular complexity index is 464. The highest BCUT2D eigenvalue weighted by molar-refractivity contribution is 14.0. The van der Waals surface area contributed by atoms with Gasteiger partial charge in [-0.05, 0) is 44.9 Å². The SMILES string of the molecule is CCNC(=NCCOCC1CC1)NC1CCN(C(=O)C2CCCC2)C1.I. The first-order valence-corrected chi connectivity index (χ1v) is 10.2. The monoisotopic (exact) mass is 478 g/mol. The van der Waals surface area contributed by atoms with Crippen molar-refractivity contribution in [2.45, 2.75) is 57.9 Å². The van der Waals surface area contributed by atoms with Gasteiger partial charge in [-0.25, -0.2) is 0 Å². The van der Waals surface area contributed by atoms with Crippen LogP contribution >= 0.6 is 24.0 Å². The summed E-state index contributed by atoms with van der Waals surface area (Å²) in [6.07, 6.45) is 8.24. The van der Waals surface area contributed by atoms with Gasteiger partial charge in [-0.1, -0.05) is 12.8 Å². The Hall–Kier alpha value is -0.570. The van der Waals surface area contributed by atoms with Crippen molar-refractivity contribution in [1.82, 2.24) is 15.5 Å². The molecule has 3 rings (SSSR count). The number of hydrogen-bond donors (Lipinski definition) is 2. The first-order chi connectivity index (χ1) is 12.3. The number of rotatable bonds is 8. The van der Waals surface area contributed by atoms with Crippen molar-refractivity contribution in [2.24, 2.45) is 16.8 Å².